The predicted octanol–water partition coefficient (Wildman–Crippen LogP) is 1.97. The van der Waals surface area contributed by atoms with Crippen LogP contribution in [0.5, 0.6) is 0 Å². The fraction of sp³-hybridized carbons (Fsp3) is 0.636. The molecule has 1 atom stereocenters. The van der Waals surface area contributed by atoms with Crippen LogP contribution in [0.25, 0.3) is 0 Å². The Balaban J connectivity index is 2.43. The first-order chi connectivity index (χ1) is 6.63. The van der Waals surface area contributed by atoms with Gasteiger partial charge < -0.3 is 0 Å². The summed E-state index contributed by atoms with van der Waals surface area (Å²) in [6.07, 6.45) is 6.71. The average molecular weight is 194 g/mol. The van der Waals surface area contributed by atoms with Crippen LogP contribution in [0.4, 0.5) is 0 Å². The molecule has 0 N–H and O–H groups in total. The third-order valence-corrected chi connectivity index (χ3v) is 2.61. The molecule has 0 saturated heterocycles. The molecule has 0 aliphatic rings. The quantitative estimate of drug-likeness (QED) is 0.718. The normalized spacial score (nSPS) is 12.8. The van der Waals surface area contributed by atoms with Crippen molar-refractivity contribution in [3.05, 3.63) is 18.0 Å². The molecule has 0 aliphatic heterocycles. The van der Waals surface area contributed by atoms with E-state index in [0.29, 0.717) is 5.78 Å². The first-order valence-electron chi connectivity index (χ1n) is 5.11. The minimum absolute atomic E-state index is 0.218. The molecule has 0 radical (unpaired) electrons. The van der Waals surface area contributed by atoms with Crippen molar-refractivity contribution in [1.82, 2.24) is 9.78 Å². The number of hydrogen-bond acceptors (Lipinski definition) is 2. The number of ketones is 1. The molecule has 0 spiro atoms. The van der Waals surface area contributed by atoms with E-state index in [1.54, 1.807) is 11.6 Å². The van der Waals surface area contributed by atoms with E-state index in [1.165, 1.54) is 5.56 Å². The lowest BCUT2D eigenvalue weighted by Crippen LogP contribution is -2.10. The fourth-order valence-electron chi connectivity index (χ4n) is 1.64. The fourth-order valence-corrected chi connectivity index (χ4v) is 1.64. The van der Waals surface area contributed by atoms with Crippen LogP contribution in [-0.4, -0.2) is 15.6 Å². The van der Waals surface area contributed by atoms with Crippen LogP contribution in [-0.2, 0) is 18.3 Å². The van der Waals surface area contributed by atoms with E-state index >= 15 is 0 Å². The zero-order valence-electron chi connectivity index (χ0n) is 9.16. The van der Waals surface area contributed by atoms with E-state index in [0.717, 1.165) is 19.3 Å². The molecule has 0 aromatic carbocycles. The number of hydrogen-bond donors (Lipinski definition) is 0. The molecule has 0 fully saturated rings. The lowest BCUT2D eigenvalue weighted by molar-refractivity contribution is -0.121. The van der Waals surface area contributed by atoms with Crippen LogP contribution in [0.1, 0.15) is 32.3 Å². The van der Waals surface area contributed by atoms with Crippen molar-refractivity contribution in [2.24, 2.45) is 13.0 Å². The second kappa shape index (κ2) is 4.94. The molecule has 0 aliphatic carbocycles. The molecule has 1 aromatic rings. The first kappa shape index (κ1) is 11.0. The van der Waals surface area contributed by atoms with Crippen molar-refractivity contribution in [3.8, 4) is 0 Å². The summed E-state index contributed by atoms with van der Waals surface area (Å²) >= 11 is 0. The van der Waals surface area contributed by atoms with Crippen LogP contribution >= 0.6 is 0 Å². The minimum atomic E-state index is 0.218. The molecule has 14 heavy (non-hydrogen) atoms. The Bertz CT molecular complexity index is 304. The van der Waals surface area contributed by atoms with Crippen molar-refractivity contribution in [3.63, 3.8) is 0 Å². The molecule has 1 unspecified atom stereocenters. The Morgan fingerprint density at radius 3 is 2.79 bits per heavy atom. The summed E-state index contributed by atoms with van der Waals surface area (Å²) in [4.78, 5) is 11.2. The number of carbonyl (C=O) groups excluding carboxylic acids is 1. The number of aryl methyl sites for hydroxylation is 2. The Morgan fingerprint density at radius 1 is 1.64 bits per heavy atom. The number of Topliss-reactive ketones (excluding diaryl/α,β-unsaturated/α-hetero) is 1. The van der Waals surface area contributed by atoms with Gasteiger partial charge in [0.15, 0.2) is 0 Å². The van der Waals surface area contributed by atoms with Gasteiger partial charge in [-0.1, -0.05) is 6.92 Å². The Morgan fingerprint density at radius 2 is 2.36 bits per heavy atom. The number of nitrogens with zero attached hydrogens (tertiary/aromatic N) is 2. The van der Waals surface area contributed by atoms with Gasteiger partial charge in [-0.25, -0.2) is 0 Å². The van der Waals surface area contributed by atoms with Gasteiger partial charge in [0.2, 0.25) is 0 Å². The highest BCUT2D eigenvalue weighted by molar-refractivity contribution is 5.78. The summed E-state index contributed by atoms with van der Waals surface area (Å²) in [5.74, 6) is 0.520. The molecule has 0 amide bonds. The highest BCUT2D eigenvalue weighted by Gasteiger charge is 2.11. The highest BCUT2D eigenvalue weighted by atomic mass is 16.1. The van der Waals surface area contributed by atoms with Gasteiger partial charge in [0.05, 0.1) is 6.20 Å². The summed E-state index contributed by atoms with van der Waals surface area (Å²) in [6.45, 7) is 3.74. The van der Waals surface area contributed by atoms with Gasteiger partial charge in [-0.15, -0.1) is 0 Å². The maximum absolute atomic E-state index is 11.2. The number of aromatic nitrogens is 2. The first-order valence-corrected chi connectivity index (χ1v) is 5.11. The van der Waals surface area contributed by atoms with E-state index in [1.807, 2.05) is 19.4 Å². The van der Waals surface area contributed by atoms with Gasteiger partial charge in [0.1, 0.15) is 5.78 Å². The largest absolute Gasteiger partial charge is 0.300 e. The molecule has 1 heterocycles. The molecular formula is C11H18N2O. The van der Waals surface area contributed by atoms with E-state index in [-0.39, 0.29) is 5.92 Å². The van der Waals surface area contributed by atoms with Crippen molar-refractivity contribution >= 4 is 5.78 Å². The summed E-state index contributed by atoms with van der Waals surface area (Å²) in [5.41, 5.74) is 1.22. The lowest BCUT2D eigenvalue weighted by atomic mass is 9.95. The molecule has 3 nitrogen and oxygen atoms in total. The van der Waals surface area contributed by atoms with Crippen molar-refractivity contribution in [2.45, 2.75) is 33.1 Å². The molecular weight excluding hydrogens is 176 g/mol. The van der Waals surface area contributed by atoms with Crippen LogP contribution in [0.15, 0.2) is 12.4 Å². The second-order valence-electron chi connectivity index (χ2n) is 3.78. The average Bonchev–Trinajstić information content (AvgIpc) is 2.52. The zero-order valence-corrected chi connectivity index (χ0v) is 9.16. The summed E-state index contributed by atoms with van der Waals surface area (Å²) < 4.78 is 1.80. The second-order valence-corrected chi connectivity index (χ2v) is 3.78. The predicted molar refractivity (Wildman–Crippen MR) is 56.0 cm³/mol. The zero-order chi connectivity index (χ0) is 10.6. The molecule has 0 bridgehead atoms. The molecule has 3 heteroatoms. The van der Waals surface area contributed by atoms with Crippen LogP contribution in [0, 0.1) is 5.92 Å². The Labute approximate surface area is 85.1 Å². The maximum atomic E-state index is 11.2. The Hall–Kier alpha value is -1.12. The molecule has 78 valence electrons. The topological polar surface area (TPSA) is 34.9 Å². The summed E-state index contributed by atoms with van der Waals surface area (Å²) in [5, 5.41) is 4.10. The SMILES string of the molecule is CCC(CCc1cnn(C)c1)C(C)=O. The standard InChI is InChI=1S/C11H18N2O/c1-4-11(9(2)14)6-5-10-7-12-13(3)8-10/h7-8,11H,4-6H2,1-3H3. The van der Waals surface area contributed by atoms with Gasteiger partial charge in [-0.2, -0.15) is 5.10 Å². The summed E-state index contributed by atoms with van der Waals surface area (Å²) in [6, 6.07) is 0. The van der Waals surface area contributed by atoms with Gasteiger partial charge in [0, 0.05) is 19.2 Å². The van der Waals surface area contributed by atoms with Crippen molar-refractivity contribution in [2.75, 3.05) is 0 Å². The minimum Gasteiger partial charge on any atom is -0.300 e. The van der Waals surface area contributed by atoms with Gasteiger partial charge in [-0.05, 0) is 31.7 Å². The van der Waals surface area contributed by atoms with E-state index in [2.05, 4.69) is 12.0 Å². The van der Waals surface area contributed by atoms with E-state index < -0.39 is 0 Å². The maximum Gasteiger partial charge on any atom is 0.132 e. The molecule has 1 rings (SSSR count). The third-order valence-electron chi connectivity index (χ3n) is 2.61. The molecule has 1 aromatic heterocycles. The molecule has 0 saturated carbocycles. The van der Waals surface area contributed by atoms with Crippen molar-refractivity contribution in [1.29, 1.82) is 0 Å². The Kier molecular flexibility index (Phi) is 3.86. The smallest absolute Gasteiger partial charge is 0.132 e. The number of carbonyl (C=O) groups is 1. The van der Waals surface area contributed by atoms with Crippen LogP contribution < -0.4 is 0 Å². The lowest BCUT2D eigenvalue weighted by Gasteiger charge is -2.09. The number of rotatable bonds is 5. The van der Waals surface area contributed by atoms with Crippen LogP contribution in [0.2, 0.25) is 0 Å². The van der Waals surface area contributed by atoms with Gasteiger partial charge >= 0.3 is 0 Å². The van der Waals surface area contributed by atoms with E-state index in [4.69, 9.17) is 0 Å². The van der Waals surface area contributed by atoms with Gasteiger partial charge in [0.25, 0.3) is 0 Å². The summed E-state index contributed by atoms with van der Waals surface area (Å²) in [7, 11) is 1.91. The van der Waals surface area contributed by atoms with Crippen molar-refractivity contribution < 1.29 is 4.79 Å². The monoisotopic (exact) mass is 194 g/mol. The van der Waals surface area contributed by atoms with Crippen LogP contribution in [0.3, 0.4) is 0 Å². The van der Waals surface area contributed by atoms with Gasteiger partial charge in [-0.3, -0.25) is 9.48 Å². The van der Waals surface area contributed by atoms with E-state index in [9.17, 15) is 4.79 Å². The highest BCUT2D eigenvalue weighted by Crippen LogP contribution is 2.13. The third kappa shape index (κ3) is 2.98.